The molecule has 0 unspecified atom stereocenters. The Morgan fingerprint density at radius 1 is 1.12 bits per heavy atom. The van der Waals surface area contributed by atoms with Gasteiger partial charge in [-0.2, -0.15) is 0 Å². The van der Waals surface area contributed by atoms with E-state index in [4.69, 9.17) is 21.4 Å². The molecule has 10 heteroatoms. The molecule has 0 saturated carbocycles. The highest BCUT2D eigenvalue weighted by Gasteiger charge is 2.56. The van der Waals surface area contributed by atoms with Crippen LogP contribution in [0.15, 0.2) is 34.9 Å². The number of fused-ring (bicyclic) bond motifs is 3. The summed E-state index contributed by atoms with van der Waals surface area (Å²) in [5, 5.41) is 29.8. The largest absolute Gasteiger partial charge is 0.508 e. The lowest BCUT2D eigenvalue weighted by atomic mass is 9.58. The van der Waals surface area contributed by atoms with Gasteiger partial charge in [-0.3, -0.25) is 19.3 Å². The topological polar surface area (TPSA) is 124 Å². The average Bonchev–Trinajstić information content (AvgIpc) is 3.16. The maximum atomic E-state index is 13.6. The van der Waals surface area contributed by atoms with Crippen molar-refractivity contribution in [1.29, 1.82) is 0 Å². The number of nitrogens with zero attached hydrogens (tertiary/aromatic N) is 1. The molecule has 0 bridgehead atoms. The number of aliphatic carboxylic acids is 1. The summed E-state index contributed by atoms with van der Waals surface area (Å²) in [5.41, 5.74) is 4.26. The van der Waals surface area contributed by atoms with Gasteiger partial charge in [0, 0.05) is 13.0 Å². The maximum Gasteiger partial charge on any atom is 0.455 e. The van der Waals surface area contributed by atoms with Gasteiger partial charge < -0.3 is 19.9 Å². The number of phenolic OH excluding ortho intramolecular Hbond substituents is 1. The number of carbonyl (C=O) groups excluding carboxylic acids is 2. The number of phenols is 1. The van der Waals surface area contributed by atoms with Gasteiger partial charge in [-0.15, -0.1) is 0 Å². The molecule has 4 atom stereocenters. The van der Waals surface area contributed by atoms with Crippen molar-refractivity contribution in [3.63, 3.8) is 0 Å². The zero-order chi connectivity index (χ0) is 29.7. The Labute approximate surface area is 247 Å². The van der Waals surface area contributed by atoms with Crippen molar-refractivity contribution in [1.82, 2.24) is 4.90 Å². The highest BCUT2D eigenvalue weighted by molar-refractivity contribution is 6.43. The molecule has 0 spiro atoms. The number of hydrogen-bond donors (Lipinski definition) is 3. The summed E-state index contributed by atoms with van der Waals surface area (Å²) >= 11 is 6.36. The number of aromatic hydroxyl groups is 1. The van der Waals surface area contributed by atoms with Gasteiger partial charge in [0.25, 0.3) is 0 Å². The van der Waals surface area contributed by atoms with Crippen LogP contribution in [0.4, 0.5) is 0 Å². The standard InChI is InChI=1S/C31H41BClNO7/c1-3-8-19(15-21-11-12-22(35)17-25(21)33)10-13-26-28-20(4-2)16-23-29(24(28)18-32(40)41-26)31(39)34(30(23)38)14-7-5-6-9-27(36)37/h11-12,15,17,23-24,26,29,35,40H,3-10,13-14,16,18H2,1-2H3,(H,36,37)/b19-15+/t23-,24+,26-,29-/m1/s1. The second-order valence-electron chi connectivity index (χ2n) is 11.5. The summed E-state index contributed by atoms with van der Waals surface area (Å²) in [6.07, 6.45) is 8.30. The zero-order valence-corrected chi connectivity index (χ0v) is 24.7. The number of unbranched alkanes of at least 4 members (excludes halogenated alkanes) is 2. The van der Waals surface area contributed by atoms with E-state index in [-0.39, 0.29) is 36.0 Å². The molecule has 1 aromatic rings. The predicted molar refractivity (Wildman–Crippen MR) is 158 cm³/mol. The molecule has 2 fully saturated rings. The van der Waals surface area contributed by atoms with Crippen LogP contribution in [0.3, 0.4) is 0 Å². The fraction of sp³-hybridized carbons (Fsp3) is 0.581. The van der Waals surface area contributed by atoms with Gasteiger partial charge in [0.2, 0.25) is 11.8 Å². The van der Waals surface area contributed by atoms with E-state index in [0.717, 1.165) is 42.4 Å². The molecular formula is C31H41BClNO7. The van der Waals surface area contributed by atoms with E-state index in [1.807, 2.05) is 0 Å². The van der Waals surface area contributed by atoms with E-state index in [2.05, 4.69) is 19.9 Å². The SMILES string of the molecule is CCC/C(=C\c1ccc(O)cc1Cl)CC[C@H]1OB(O)C[C@H]2C1=C(CC)C[C@H]1C(=O)N(CCCCCC(=O)O)C(=O)[C@H]12. The lowest BCUT2D eigenvalue weighted by molar-refractivity contribution is -0.141. The number of hydrogen-bond acceptors (Lipinski definition) is 6. The Hall–Kier alpha value is -2.62. The first-order chi connectivity index (χ1) is 19.6. The monoisotopic (exact) mass is 585 g/mol. The first-order valence-corrected chi connectivity index (χ1v) is 15.3. The van der Waals surface area contributed by atoms with Gasteiger partial charge >= 0.3 is 13.1 Å². The summed E-state index contributed by atoms with van der Waals surface area (Å²) in [4.78, 5) is 39.2. The van der Waals surface area contributed by atoms with Crippen molar-refractivity contribution in [2.75, 3.05) is 6.54 Å². The van der Waals surface area contributed by atoms with Crippen molar-refractivity contribution in [2.45, 2.75) is 90.5 Å². The van der Waals surface area contributed by atoms with Crippen LogP contribution in [-0.4, -0.2) is 57.7 Å². The van der Waals surface area contributed by atoms with Crippen LogP contribution >= 0.6 is 11.6 Å². The van der Waals surface area contributed by atoms with Gasteiger partial charge in [0.15, 0.2) is 0 Å². The first kappa shape index (κ1) is 31.3. The van der Waals surface area contributed by atoms with Crippen LogP contribution in [0.2, 0.25) is 11.3 Å². The highest BCUT2D eigenvalue weighted by atomic mass is 35.5. The zero-order valence-electron chi connectivity index (χ0n) is 24.0. The average molecular weight is 586 g/mol. The molecule has 1 aliphatic carbocycles. The number of carbonyl (C=O) groups is 3. The number of rotatable bonds is 13. The molecule has 2 aliphatic heterocycles. The maximum absolute atomic E-state index is 13.6. The summed E-state index contributed by atoms with van der Waals surface area (Å²) in [7, 11) is -1.01. The van der Waals surface area contributed by atoms with Gasteiger partial charge in [0.05, 0.1) is 23.0 Å². The number of imide groups is 1. The Balaban J connectivity index is 1.51. The fourth-order valence-electron chi connectivity index (χ4n) is 6.87. The highest BCUT2D eigenvalue weighted by Crippen LogP contribution is 2.51. The summed E-state index contributed by atoms with van der Waals surface area (Å²) in [6, 6.07) is 4.94. The first-order valence-electron chi connectivity index (χ1n) is 14.9. The number of allylic oxidation sites excluding steroid dienone is 2. The van der Waals surface area contributed by atoms with Crippen molar-refractivity contribution in [3.8, 4) is 5.75 Å². The lowest BCUT2D eigenvalue weighted by Crippen LogP contribution is -2.46. The normalized spacial score (nSPS) is 24.6. The quantitative estimate of drug-likeness (QED) is 0.115. The van der Waals surface area contributed by atoms with Crippen LogP contribution in [0.1, 0.15) is 83.6 Å². The third kappa shape index (κ3) is 7.24. The number of halogens is 1. The third-order valence-electron chi connectivity index (χ3n) is 8.74. The second-order valence-corrected chi connectivity index (χ2v) is 11.9. The van der Waals surface area contributed by atoms with Gasteiger partial charge in [-0.25, -0.2) is 0 Å². The van der Waals surface area contributed by atoms with Crippen LogP contribution in [0.25, 0.3) is 6.08 Å². The molecule has 8 nitrogen and oxygen atoms in total. The molecule has 2 saturated heterocycles. The van der Waals surface area contributed by atoms with E-state index in [1.165, 1.54) is 16.5 Å². The number of benzene rings is 1. The fourth-order valence-corrected chi connectivity index (χ4v) is 7.10. The molecule has 222 valence electrons. The molecule has 1 aromatic carbocycles. The van der Waals surface area contributed by atoms with Gasteiger partial charge in [-0.1, -0.05) is 55.5 Å². The Morgan fingerprint density at radius 3 is 2.59 bits per heavy atom. The lowest BCUT2D eigenvalue weighted by Gasteiger charge is -2.43. The minimum Gasteiger partial charge on any atom is -0.508 e. The Kier molecular flexibility index (Phi) is 10.7. The number of likely N-dealkylation sites (tertiary alicyclic amines) is 1. The van der Waals surface area contributed by atoms with E-state index >= 15 is 0 Å². The molecule has 3 N–H and O–H groups in total. The second kappa shape index (κ2) is 14.0. The number of carboxylic acids is 1. The smallest absolute Gasteiger partial charge is 0.455 e. The molecule has 0 radical (unpaired) electrons. The molecular weight excluding hydrogens is 545 g/mol. The van der Waals surface area contributed by atoms with Gasteiger partial charge in [0.1, 0.15) is 5.75 Å². The van der Waals surface area contributed by atoms with E-state index in [9.17, 15) is 24.5 Å². The molecule has 4 rings (SSSR count). The summed E-state index contributed by atoms with van der Waals surface area (Å²) < 4.78 is 6.11. The Bertz CT molecular complexity index is 1210. The Morgan fingerprint density at radius 2 is 1.90 bits per heavy atom. The van der Waals surface area contributed by atoms with Crippen LogP contribution in [-0.2, 0) is 19.0 Å². The minimum atomic E-state index is -1.01. The van der Waals surface area contributed by atoms with E-state index in [0.29, 0.717) is 50.0 Å². The predicted octanol–water partition coefficient (Wildman–Crippen LogP) is 5.86. The van der Waals surface area contributed by atoms with E-state index in [1.54, 1.807) is 12.1 Å². The molecule has 2 heterocycles. The van der Waals surface area contributed by atoms with Crippen molar-refractivity contribution in [3.05, 3.63) is 45.5 Å². The molecule has 2 amide bonds. The van der Waals surface area contributed by atoms with Crippen LogP contribution < -0.4 is 0 Å². The number of amides is 2. The summed E-state index contributed by atoms with van der Waals surface area (Å²) in [6.45, 7) is 4.49. The van der Waals surface area contributed by atoms with Gasteiger partial charge in [-0.05, 0) is 86.5 Å². The minimum absolute atomic E-state index is 0.0821. The summed E-state index contributed by atoms with van der Waals surface area (Å²) in [5.74, 6) is -2.18. The van der Waals surface area contributed by atoms with Crippen LogP contribution in [0, 0.1) is 17.8 Å². The van der Waals surface area contributed by atoms with Crippen molar-refractivity contribution < 1.29 is 34.3 Å². The number of carboxylic acid groups (broad SMARTS) is 1. The van der Waals surface area contributed by atoms with Crippen molar-refractivity contribution in [2.24, 2.45) is 17.8 Å². The molecule has 0 aromatic heterocycles. The van der Waals surface area contributed by atoms with Crippen LogP contribution in [0.5, 0.6) is 5.75 Å². The van der Waals surface area contributed by atoms with E-state index < -0.39 is 24.9 Å². The van der Waals surface area contributed by atoms with Crippen molar-refractivity contribution >= 4 is 42.6 Å². The third-order valence-corrected chi connectivity index (χ3v) is 9.07. The molecule has 3 aliphatic rings. The molecule has 41 heavy (non-hydrogen) atoms.